The monoisotopic (exact) mass is 324 g/mol. The van der Waals surface area contributed by atoms with E-state index in [1.54, 1.807) is 0 Å². The maximum Gasteiger partial charge on any atom is 0.322 e. The molecule has 2 aromatic carbocycles. The molecule has 3 heteroatoms. The molecule has 2 amide bonds. The molecule has 0 fully saturated rings. The van der Waals surface area contributed by atoms with Crippen molar-refractivity contribution in [1.29, 1.82) is 0 Å². The van der Waals surface area contributed by atoms with Crippen molar-refractivity contribution in [3.8, 4) is 0 Å². The van der Waals surface area contributed by atoms with Gasteiger partial charge >= 0.3 is 6.03 Å². The van der Waals surface area contributed by atoms with Crippen LogP contribution in [0.25, 0.3) is 0 Å². The Morgan fingerprint density at radius 3 is 2.08 bits per heavy atom. The number of carbonyl (C=O) groups is 1. The second-order valence-electron chi connectivity index (χ2n) is 7.46. The average molecular weight is 324 g/mol. The average Bonchev–Trinajstić information content (AvgIpc) is 2.53. The van der Waals surface area contributed by atoms with E-state index in [1.165, 1.54) is 5.56 Å². The molecule has 24 heavy (non-hydrogen) atoms. The summed E-state index contributed by atoms with van der Waals surface area (Å²) in [6, 6.07) is 18.2. The van der Waals surface area contributed by atoms with E-state index in [2.05, 4.69) is 38.2 Å². The summed E-state index contributed by atoms with van der Waals surface area (Å²) in [6.07, 6.45) is 0. The molecular formula is C21H28N2O. The minimum absolute atomic E-state index is 0.0719. The van der Waals surface area contributed by atoms with Crippen LogP contribution in [-0.4, -0.2) is 17.0 Å². The number of nitrogens with one attached hydrogen (secondary N) is 1. The summed E-state index contributed by atoms with van der Waals surface area (Å²) in [5.74, 6) is 0. The molecule has 2 rings (SSSR count). The van der Waals surface area contributed by atoms with Crippen molar-refractivity contribution in [2.75, 3.05) is 5.32 Å². The van der Waals surface area contributed by atoms with Crippen LogP contribution in [0.5, 0.6) is 0 Å². The van der Waals surface area contributed by atoms with Gasteiger partial charge in [-0.1, -0.05) is 63.2 Å². The SMILES string of the molecule is CC(C)N(Cc1ccccc1)C(=O)Nc1ccc(C(C)(C)C)cc1. The van der Waals surface area contributed by atoms with Gasteiger partial charge in [-0.15, -0.1) is 0 Å². The van der Waals surface area contributed by atoms with Crippen molar-refractivity contribution >= 4 is 11.7 Å². The van der Waals surface area contributed by atoms with E-state index in [0.717, 1.165) is 11.3 Å². The summed E-state index contributed by atoms with van der Waals surface area (Å²) >= 11 is 0. The largest absolute Gasteiger partial charge is 0.322 e. The van der Waals surface area contributed by atoms with E-state index in [0.29, 0.717) is 6.54 Å². The third kappa shape index (κ3) is 4.85. The zero-order chi connectivity index (χ0) is 17.7. The number of hydrogen-bond donors (Lipinski definition) is 1. The molecule has 0 bridgehead atoms. The van der Waals surface area contributed by atoms with Gasteiger partial charge in [-0.2, -0.15) is 0 Å². The maximum atomic E-state index is 12.7. The normalized spacial score (nSPS) is 11.4. The Morgan fingerprint density at radius 2 is 1.58 bits per heavy atom. The van der Waals surface area contributed by atoms with E-state index >= 15 is 0 Å². The van der Waals surface area contributed by atoms with Crippen LogP contribution in [0.4, 0.5) is 10.5 Å². The van der Waals surface area contributed by atoms with Gasteiger partial charge in [0.2, 0.25) is 0 Å². The number of hydrogen-bond acceptors (Lipinski definition) is 1. The fourth-order valence-corrected chi connectivity index (χ4v) is 2.52. The Bertz CT molecular complexity index is 654. The van der Waals surface area contributed by atoms with E-state index in [1.807, 2.05) is 61.2 Å². The van der Waals surface area contributed by atoms with E-state index in [4.69, 9.17) is 0 Å². The zero-order valence-corrected chi connectivity index (χ0v) is 15.3. The van der Waals surface area contributed by atoms with Crippen LogP contribution in [-0.2, 0) is 12.0 Å². The first-order valence-corrected chi connectivity index (χ1v) is 8.49. The summed E-state index contributed by atoms with van der Waals surface area (Å²) in [5, 5.41) is 3.01. The molecule has 0 aliphatic rings. The summed E-state index contributed by atoms with van der Waals surface area (Å²) in [7, 11) is 0. The first kappa shape index (κ1) is 18.1. The molecule has 0 aliphatic carbocycles. The van der Waals surface area contributed by atoms with Crippen LogP contribution < -0.4 is 5.32 Å². The number of carbonyl (C=O) groups excluding carboxylic acids is 1. The molecule has 0 saturated heterocycles. The third-order valence-corrected chi connectivity index (χ3v) is 4.08. The number of amides is 2. The quantitative estimate of drug-likeness (QED) is 0.799. The predicted molar refractivity (Wildman–Crippen MR) is 101 cm³/mol. The Hall–Kier alpha value is -2.29. The van der Waals surface area contributed by atoms with Crippen LogP contribution in [0.15, 0.2) is 54.6 Å². The first-order valence-electron chi connectivity index (χ1n) is 8.49. The van der Waals surface area contributed by atoms with Crippen molar-refractivity contribution in [1.82, 2.24) is 4.90 Å². The topological polar surface area (TPSA) is 32.3 Å². The van der Waals surface area contributed by atoms with Crippen LogP contribution in [0, 0.1) is 0 Å². The molecule has 2 aromatic rings. The number of urea groups is 1. The Balaban J connectivity index is 2.08. The van der Waals surface area contributed by atoms with Gasteiger partial charge in [0.25, 0.3) is 0 Å². The number of benzene rings is 2. The highest BCUT2D eigenvalue weighted by Gasteiger charge is 2.18. The van der Waals surface area contributed by atoms with Crippen molar-refractivity contribution in [2.45, 2.75) is 52.6 Å². The molecular weight excluding hydrogens is 296 g/mol. The zero-order valence-electron chi connectivity index (χ0n) is 15.3. The molecule has 0 heterocycles. The van der Waals surface area contributed by atoms with Crippen LogP contribution in [0.3, 0.4) is 0 Å². The van der Waals surface area contributed by atoms with Crippen molar-refractivity contribution in [3.63, 3.8) is 0 Å². The molecule has 0 spiro atoms. The van der Waals surface area contributed by atoms with Gasteiger partial charge in [-0.3, -0.25) is 0 Å². The minimum Gasteiger partial charge on any atom is -0.318 e. The van der Waals surface area contributed by atoms with Gasteiger partial charge in [-0.25, -0.2) is 4.79 Å². The summed E-state index contributed by atoms with van der Waals surface area (Å²) in [6.45, 7) is 11.2. The summed E-state index contributed by atoms with van der Waals surface area (Å²) in [4.78, 5) is 14.5. The lowest BCUT2D eigenvalue weighted by molar-refractivity contribution is 0.193. The van der Waals surface area contributed by atoms with Gasteiger partial charge < -0.3 is 10.2 Å². The van der Waals surface area contributed by atoms with E-state index in [-0.39, 0.29) is 17.5 Å². The van der Waals surface area contributed by atoms with Crippen LogP contribution >= 0.6 is 0 Å². The smallest absolute Gasteiger partial charge is 0.318 e. The van der Waals surface area contributed by atoms with Gasteiger partial charge in [0, 0.05) is 18.3 Å². The van der Waals surface area contributed by atoms with Crippen LogP contribution in [0.1, 0.15) is 45.7 Å². The molecule has 0 unspecified atom stereocenters. The number of rotatable bonds is 4. The molecule has 3 nitrogen and oxygen atoms in total. The lowest BCUT2D eigenvalue weighted by Crippen LogP contribution is -2.39. The Labute approximate surface area is 145 Å². The second kappa shape index (κ2) is 7.52. The number of anilines is 1. The fourth-order valence-electron chi connectivity index (χ4n) is 2.52. The Morgan fingerprint density at radius 1 is 1.00 bits per heavy atom. The third-order valence-electron chi connectivity index (χ3n) is 4.08. The van der Waals surface area contributed by atoms with Gasteiger partial charge in [0.1, 0.15) is 0 Å². The molecule has 1 N–H and O–H groups in total. The minimum atomic E-state index is -0.0719. The predicted octanol–water partition coefficient (Wildman–Crippen LogP) is 5.43. The molecule has 0 atom stereocenters. The maximum absolute atomic E-state index is 12.7. The van der Waals surface area contributed by atoms with Gasteiger partial charge in [0.15, 0.2) is 0 Å². The summed E-state index contributed by atoms with van der Waals surface area (Å²) < 4.78 is 0. The molecule has 0 aromatic heterocycles. The Kier molecular flexibility index (Phi) is 5.66. The highest BCUT2D eigenvalue weighted by atomic mass is 16.2. The summed E-state index contributed by atoms with van der Waals surface area (Å²) in [5.41, 5.74) is 3.32. The van der Waals surface area contributed by atoms with Crippen LogP contribution in [0.2, 0.25) is 0 Å². The first-order chi connectivity index (χ1) is 11.3. The van der Waals surface area contributed by atoms with Crippen molar-refractivity contribution < 1.29 is 4.79 Å². The van der Waals surface area contributed by atoms with Crippen molar-refractivity contribution in [2.24, 2.45) is 0 Å². The van der Waals surface area contributed by atoms with E-state index < -0.39 is 0 Å². The fraction of sp³-hybridized carbons (Fsp3) is 0.381. The molecule has 0 radical (unpaired) electrons. The van der Waals surface area contributed by atoms with E-state index in [9.17, 15) is 4.79 Å². The lowest BCUT2D eigenvalue weighted by atomic mass is 9.87. The molecule has 0 aliphatic heterocycles. The molecule has 0 saturated carbocycles. The standard InChI is InChI=1S/C21H28N2O/c1-16(2)23(15-17-9-7-6-8-10-17)20(24)22-19-13-11-18(12-14-19)21(3,4)5/h6-14,16H,15H2,1-5H3,(H,22,24). The highest BCUT2D eigenvalue weighted by Crippen LogP contribution is 2.23. The molecule has 128 valence electrons. The van der Waals surface area contributed by atoms with Crippen molar-refractivity contribution in [3.05, 3.63) is 65.7 Å². The van der Waals surface area contributed by atoms with Gasteiger partial charge in [-0.05, 0) is 42.5 Å². The second-order valence-corrected chi connectivity index (χ2v) is 7.46. The highest BCUT2D eigenvalue weighted by molar-refractivity contribution is 5.89. The lowest BCUT2D eigenvalue weighted by Gasteiger charge is -2.27. The number of nitrogens with zero attached hydrogens (tertiary/aromatic N) is 1. The van der Waals surface area contributed by atoms with Gasteiger partial charge in [0.05, 0.1) is 0 Å².